The number of carbonyl (C=O) groups is 1. The number of piperidine rings is 1. The van der Waals surface area contributed by atoms with Gasteiger partial charge in [0.2, 0.25) is 5.91 Å². The summed E-state index contributed by atoms with van der Waals surface area (Å²) in [7, 11) is 0. The Labute approximate surface area is 205 Å². The Hall–Kier alpha value is -2.54. The fourth-order valence-electron chi connectivity index (χ4n) is 4.24. The van der Waals surface area contributed by atoms with Crippen LogP contribution in [-0.2, 0) is 23.0 Å². The molecule has 0 spiro atoms. The Morgan fingerprint density at radius 1 is 0.971 bits per heavy atom. The van der Waals surface area contributed by atoms with Crippen LogP contribution in [0.3, 0.4) is 0 Å². The summed E-state index contributed by atoms with van der Waals surface area (Å²) < 4.78 is 39.2. The molecule has 34 heavy (non-hydrogen) atoms. The molecule has 1 amide bonds. The van der Waals surface area contributed by atoms with Gasteiger partial charge in [0, 0.05) is 28.7 Å². The number of aliphatic hydroxyl groups is 1. The van der Waals surface area contributed by atoms with Gasteiger partial charge in [-0.2, -0.15) is 13.2 Å². The van der Waals surface area contributed by atoms with Gasteiger partial charge in [0.15, 0.2) is 0 Å². The predicted octanol–water partition coefficient (Wildman–Crippen LogP) is 6.73. The molecule has 1 N–H and O–H groups in total. The van der Waals surface area contributed by atoms with E-state index < -0.39 is 17.3 Å². The number of halogens is 5. The minimum Gasteiger partial charge on any atom is -0.385 e. The van der Waals surface area contributed by atoms with Gasteiger partial charge in [0.1, 0.15) is 0 Å². The van der Waals surface area contributed by atoms with Crippen LogP contribution in [0.4, 0.5) is 13.2 Å². The second-order valence-electron chi connectivity index (χ2n) is 8.49. The molecule has 1 saturated heterocycles. The number of carbonyl (C=O) groups excluding carboxylic acids is 1. The maximum atomic E-state index is 13.1. The molecular weight excluding hydrogens is 486 g/mol. The monoisotopic (exact) mass is 507 g/mol. The molecule has 0 saturated carbocycles. The van der Waals surface area contributed by atoms with Gasteiger partial charge in [-0.3, -0.25) is 4.79 Å². The van der Waals surface area contributed by atoms with Gasteiger partial charge in [0.25, 0.3) is 0 Å². The maximum Gasteiger partial charge on any atom is 0.416 e. The summed E-state index contributed by atoms with van der Waals surface area (Å²) in [5.74, 6) is -0.127. The summed E-state index contributed by atoms with van der Waals surface area (Å²) in [6, 6.07) is 17.5. The first-order chi connectivity index (χ1) is 16.0. The molecule has 1 heterocycles. The molecule has 1 fully saturated rings. The summed E-state index contributed by atoms with van der Waals surface area (Å²) in [6.07, 6.45) is -4.02. The molecule has 0 aliphatic carbocycles. The highest BCUT2D eigenvalue weighted by molar-refractivity contribution is 6.34. The third-order valence-electron chi connectivity index (χ3n) is 6.20. The molecule has 0 radical (unpaired) electrons. The summed E-state index contributed by atoms with van der Waals surface area (Å²) in [5, 5.41) is 12.1. The van der Waals surface area contributed by atoms with Gasteiger partial charge in [-0.05, 0) is 59.9 Å². The normalized spacial score (nSPS) is 15.9. The second kappa shape index (κ2) is 9.61. The minimum atomic E-state index is -4.48. The first-order valence-corrected chi connectivity index (χ1v) is 11.5. The van der Waals surface area contributed by atoms with E-state index >= 15 is 0 Å². The Bertz CT molecular complexity index is 1200. The van der Waals surface area contributed by atoms with Crippen LogP contribution in [0.5, 0.6) is 0 Å². The van der Waals surface area contributed by atoms with Crippen LogP contribution in [-0.4, -0.2) is 29.0 Å². The predicted molar refractivity (Wildman–Crippen MR) is 127 cm³/mol. The topological polar surface area (TPSA) is 40.5 Å². The molecule has 3 aromatic rings. The Morgan fingerprint density at radius 3 is 2.32 bits per heavy atom. The van der Waals surface area contributed by atoms with Gasteiger partial charge >= 0.3 is 6.18 Å². The minimum absolute atomic E-state index is 0.127. The average Bonchev–Trinajstić information content (AvgIpc) is 2.79. The van der Waals surface area contributed by atoms with Gasteiger partial charge < -0.3 is 10.0 Å². The lowest BCUT2D eigenvalue weighted by Gasteiger charge is -2.38. The lowest BCUT2D eigenvalue weighted by atomic mass is 9.83. The van der Waals surface area contributed by atoms with E-state index in [4.69, 9.17) is 23.2 Å². The molecular formula is C26H22Cl2F3NO2. The number of likely N-dealkylation sites (tertiary alicyclic amines) is 1. The van der Waals surface area contributed by atoms with Crippen LogP contribution < -0.4 is 0 Å². The van der Waals surface area contributed by atoms with Crippen molar-refractivity contribution < 1.29 is 23.1 Å². The third-order valence-corrected chi connectivity index (χ3v) is 6.74. The summed E-state index contributed by atoms with van der Waals surface area (Å²) in [5.41, 5.74) is 0.456. The van der Waals surface area contributed by atoms with Gasteiger partial charge in [-0.1, -0.05) is 59.6 Å². The van der Waals surface area contributed by atoms with Crippen LogP contribution in [0, 0.1) is 0 Å². The quantitative estimate of drug-likeness (QED) is 0.425. The summed E-state index contributed by atoms with van der Waals surface area (Å²) in [4.78, 5) is 14.5. The molecule has 0 aromatic heterocycles. The molecule has 0 unspecified atom stereocenters. The van der Waals surface area contributed by atoms with E-state index in [0.29, 0.717) is 10.0 Å². The van der Waals surface area contributed by atoms with Crippen molar-refractivity contribution in [2.24, 2.45) is 0 Å². The molecule has 178 valence electrons. The first kappa shape index (κ1) is 24.6. The van der Waals surface area contributed by atoms with Crippen molar-refractivity contribution in [2.45, 2.75) is 31.0 Å². The number of nitrogens with zero attached hydrogens (tertiary/aromatic N) is 1. The molecule has 0 bridgehead atoms. The Kier molecular flexibility index (Phi) is 6.94. The van der Waals surface area contributed by atoms with Crippen molar-refractivity contribution in [2.75, 3.05) is 13.1 Å². The molecule has 8 heteroatoms. The highest BCUT2D eigenvalue weighted by Gasteiger charge is 2.37. The van der Waals surface area contributed by atoms with Crippen molar-refractivity contribution in [1.29, 1.82) is 0 Å². The van der Waals surface area contributed by atoms with Gasteiger partial charge in [0.05, 0.1) is 17.6 Å². The fourth-order valence-corrected chi connectivity index (χ4v) is 4.75. The smallest absolute Gasteiger partial charge is 0.385 e. The number of hydrogen-bond acceptors (Lipinski definition) is 2. The van der Waals surface area contributed by atoms with Crippen LogP contribution in [0.1, 0.15) is 29.5 Å². The van der Waals surface area contributed by atoms with Gasteiger partial charge in [-0.25, -0.2) is 0 Å². The Balaban J connectivity index is 1.41. The third kappa shape index (κ3) is 5.40. The van der Waals surface area contributed by atoms with E-state index in [2.05, 4.69) is 0 Å². The van der Waals surface area contributed by atoms with Crippen LogP contribution in [0.15, 0.2) is 66.7 Å². The number of benzene rings is 3. The second-order valence-corrected chi connectivity index (χ2v) is 9.34. The zero-order valence-corrected chi connectivity index (χ0v) is 19.6. The van der Waals surface area contributed by atoms with Crippen molar-refractivity contribution in [3.63, 3.8) is 0 Å². The number of amides is 1. The van der Waals surface area contributed by atoms with Gasteiger partial charge in [-0.15, -0.1) is 0 Å². The van der Waals surface area contributed by atoms with Crippen molar-refractivity contribution in [1.82, 2.24) is 4.90 Å². The van der Waals surface area contributed by atoms with Crippen LogP contribution in [0.2, 0.25) is 10.0 Å². The zero-order valence-electron chi connectivity index (χ0n) is 18.1. The molecule has 1 aliphatic rings. The SMILES string of the molecule is O=C(Cc1ccc(-c2cccc(Cl)c2)c(Cl)c1)N1CCC(O)(c2cccc(C(F)(F)F)c2)CC1. The summed E-state index contributed by atoms with van der Waals surface area (Å²) in [6.45, 7) is 0.500. The summed E-state index contributed by atoms with van der Waals surface area (Å²) >= 11 is 12.5. The highest BCUT2D eigenvalue weighted by Crippen LogP contribution is 2.37. The van der Waals surface area contributed by atoms with E-state index in [1.807, 2.05) is 30.3 Å². The van der Waals surface area contributed by atoms with Crippen molar-refractivity contribution in [3.05, 3.63) is 93.5 Å². The van der Waals surface area contributed by atoms with E-state index in [9.17, 15) is 23.1 Å². The van der Waals surface area contributed by atoms with E-state index in [1.165, 1.54) is 12.1 Å². The fraction of sp³-hybridized carbons (Fsp3) is 0.269. The lowest BCUT2D eigenvalue weighted by Crippen LogP contribution is -2.45. The molecule has 4 rings (SSSR count). The number of rotatable bonds is 4. The number of alkyl halides is 3. The van der Waals surface area contributed by atoms with E-state index in [0.717, 1.165) is 28.8 Å². The largest absolute Gasteiger partial charge is 0.416 e. The Morgan fingerprint density at radius 2 is 1.68 bits per heavy atom. The molecule has 1 aliphatic heterocycles. The maximum absolute atomic E-state index is 13.1. The van der Waals surface area contributed by atoms with Crippen LogP contribution in [0.25, 0.3) is 11.1 Å². The van der Waals surface area contributed by atoms with E-state index in [1.54, 1.807) is 17.0 Å². The highest BCUT2D eigenvalue weighted by atomic mass is 35.5. The molecule has 3 aromatic carbocycles. The van der Waals surface area contributed by atoms with E-state index in [-0.39, 0.29) is 43.8 Å². The molecule has 0 atom stereocenters. The lowest BCUT2D eigenvalue weighted by molar-refractivity contribution is -0.137. The number of hydrogen-bond donors (Lipinski definition) is 1. The standard InChI is InChI=1S/C26H22Cl2F3NO2/c27-21-6-1-3-18(15-21)22-8-7-17(13-23(22)28)14-24(33)32-11-9-25(34,10-12-32)19-4-2-5-20(16-19)26(29,30)31/h1-8,13,15-16,34H,9-12,14H2. The van der Waals surface area contributed by atoms with Crippen LogP contribution >= 0.6 is 23.2 Å². The zero-order chi connectivity index (χ0) is 24.5. The first-order valence-electron chi connectivity index (χ1n) is 10.8. The van der Waals surface area contributed by atoms with Crippen molar-refractivity contribution >= 4 is 29.1 Å². The molecule has 3 nitrogen and oxygen atoms in total. The van der Waals surface area contributed by atoms with Crippen molar-refractivity contribution in [3.8, 4) is 11.1 Å². The average molecular weight is 508 g/mol.